The van der Waals surface area contributed by atoms with E-state index in [-0.39, 0.29) is 24.3 Å². The second kappa shape index (κ2) is 6.38. The van der Waals surface area contributed by atoms with Crippen LogP contribution in [0.2, 0.25) is 0 Å². The molecule has 1 heterocycles. The van der Waals surface area contributed by atoms with Crippen LogP contribution in [0.1, 0.15) is 45.4 Å². The second-order valence-corrected chi connectivity index (χ2v) is 3.86. The van der Waals surface area contributed by atoms with Gasteiger partial charge in [0, 0.05) is 0 Å². The Morgan fingerprint density at radius 1 is 1.33 bits per heavy atom. The summed E-state index contributed by atoms with van der Waals surface area (Å²) in [7, 11) is 0. The number of ether oxygens (including phenoxy) is 1. The lowest BCUT2D eigenvalue weighted by atomic mass is 10.00. The summed E-state index contributed by atoms with van der Waals surface area (Å²) < 4.78 is 4.48. The van der Waals surface area contributed by atoms with Gasteiger partial charge in [-0.05, 0) is 25.7 Å². The van der Waals surface area contributed by atoms with Crippen molar-refractivity contribution in [3.05, 3.63) is 12.2 Å². The van der Waals surface area contributed by atoms with Crippen molar-refractivity contribution in [3.8, 4) is 0 Å². The van der Waals surface area contributed by atoms with Crippen molar-refractivity contribution in [2.75, 3.05) is 0 Å². The maximum atomic E-state index is 11.1. The maximum absolute atomic E-state index is 11.1. The van der Waals surface area contributed by atoms with Gasteiger partial charge in [0.25, 0.3) is 0 Å². The van der Waals surface area contributed by atoms with Crippen LogP contribution in [0.25, 0.3) is 0 Å². The van der Waals surface area contributed by atoms with Crippen LogP contribution in [0.15, 0.2) is 12.2 Å². The Morgan fingerprint density at radius 3 is 2.73 bits per heavy atom. The van der Waals surface area contributed by atoms with Crippen LogP contribution in [0.3, 0.4) is 0 Å². The zero-order valence-corrected chi connectivity index (χ0v) is 9.20. The lowest BCUT2D eigenvalue weighted by Crippen LogP contribution is -2.06. The Hall–Kier alpha value is -1.12. The number of rotatable bonds is 6. The molecular formula is C12H18O3. The molecular weight excluding hydrogens is 192 g/mol. The second-order valence-electron chi connectivity index (χ2n) is 3.86. The van der Waals surface area contributed by atoms with Gasteiger partial charge in [-0.15, -0.1) is 0 Å². The molecule has 1 unspecified atom stereocenters. The van der Waals surface area contributed by atoms with Crippen molar-refractivity contribution in [1.29, 1.82) is 0 Å². The predicted molar refractivity (Wildman–Crippen MR) is 57.1 cm³/mol. The topological polar surface area (TPSA) is 43.4 Å². The Kier molecular flexibility index (Phi) is 5.08. The van der Waals surface area contributed by atoms with Gasteiger partial charge in [0.05, 0.1) is 12.3 Å². The number of cyclic esters (lactones) is 2. The predicted octanol–water partition coefficient (Wildman–Crippen LogP) is 2.60. The summed E-state index contributed by atoms with van der Waals surface area (Å²) in [4.78, 5) is 21.9. The first-order valence-electron chi connectivity index (χ1n) is 5.63. The van der Waals surface area contributed by atoms with Crippen molar-refractivity contribution in [2.24, 2.45) is 5.92 Å². The van der Waals surface area contributed by atoms with Gasteiger partial charge in [0.2, 0.25) is 0 Å². The number of carbonyl (C=O) groups is 2. The van der Waals surface area contributed by atoms with Gasteiger partial charge >= 0.3 is 11.9 Å². The van der Waals surface area contributed by atoms with Gasteiger partial charge in [-0.25, -0.2) is 0 Å². The molecule has 3 heteroatoms. The first-order valence-corrected chi connectivity index (χ1v) is 5.63. The van der Waals surface area contributed by atoms with E-state index in [0.29, 0.717) is 0 Å². The minimum absolute atomic E-state index is 0.173. The summed E-state index contributed by atoms with van der Waals surface area (Å²) in [6, 6.07) is 0. The molecule has 1 fully saturated rings. The Balaban J connectivity index is 2.08. The lowest BCUT2D eigenvalue weighted by molar-refractivity contribution is -0.153. The summed E-state index contributed by atoms with van der Waals surface area (Å²) >= 11 is 0. The molecule has 1 aliphatic rings. The molecule has 3 nitrogen and oxygen atoms in total. The van der Waals surface area contributed by atoms with Gasteiger partial charge in [0.15, 0.2) is 0 Å². The SMILES string of the molecule is CC/C=C/CCCCC1CC(=O)OC1=O. The van der Waals surface area contributed by atoms with E-state index in [0.717, 1.165) is 32.1 Å². The van der Waals surface area contributed by atoms with Crippen molar-refractivity contribution in [1.82, 2.24) is 0 Å². The maximum Gasteiger partial charge on any atom is 0.317 e. The molecule has 84 valence electrons. The van der Waals surface area contributed by atoms with Gasteiger partial charge < -0.3 is 4.74 Å². The van der Waals surface area contributed by atoms with Crippen LogP contribution in [0.5, 0.6) is 0 Å². The van der Waals surface area contributed by atoms with Crippen molar-refractivity contribution in [3.63, 3.8) is 0 Å². The molecule has 0 spiro atoms. The molecule has 0 radical (unpaired) electrons. The number of allylic oxidation sites excluding steroid dienone is 2. The summed E-state index contributed by atoms with van der Waals surface area (Å²) in [5.41, 5.74) is 0. The highest BCUT2D eigenvalue weighted by Crippen LogP contribution is 2.21. The van der Waals surface area contributed by atoms with Gasteiger partial charge in [0.1, 0.15) is 0 Å². The quantitative estimate of drug-likeness (QED) is 0.293. The van der Waals surface area contributed by atoms with E-state index in [1.807, 2.05) is 0 Å². The first kappa shape index (κ1) is 12.0. The average molecular weight is 210 g/mol. The fraction of sp³-hybridized carbons (Fsp3) is 0.667. The molecule has 0 N–H and O–H groups in total. The summed E-state index contributed by atoms with van der Waals surface area (Å²) in [6.45, 7) is 2.11. The van der Waals surface area contributed by atoms with Gasteiger partial charge in [-0.1, -0.05) is 25.5 Å². The molecule has 0 bridgehead atoms. The third-order valence-corrected chi connectivity index (χ3v) is 2.54. The summed E-state index contributed by atoms with van der Waals surface area (Å²) in [5, 5.41) is 0. The highest BCUT2D eigenvalue weighted by atomic mass is 16.6. The number of carbonyl (C=O) groups excluding carboxylic acids is 2. The standard InChI is InChI=1S/C12H18O3/c1-2-3-4-5-6-7-8-10-9-11(13)15-12(10)14/h3-4,10H,2,5-9H2,1H3/b4-3+. The Morgan fingerprint density at radius 2 is 2.13 bits per heavy atom. The van der Waals surface area contributed by atoms with Crippen molar-refractivity contribution >= 4 is 11.9 Å². The molecule has 1 saturated heterocycles. The molecule has 15 heavy (non-hydrogen) atoms. The zero-order valence-electron chi connectivity index (χ0n) is 9.20. The largest absolute Gasteiger partial charge is 0.393 e. The summed E-state index contributed by atoms with van der Waals surface area (Å²) in [6.07, 6.45) is 9.57. The third-order valence-electron chi connectivity index (χ3n) is 2.54. The normalized spacial score (nSPS) is 21.3. The monoisotopic (exact) mass is 210 g/mol. The van der Waals surface area contributed by atoms with E-state index in [1.165, 1.54) is 0 Å². The number of unbranched alkanes of at least 4 members (excludes halogenated alkanes) is 2. The van der Waals surface area contributed by atoms with Crippen LogP contribution >= 0.6 is 0 Å². The van der Waals surface area contributed by atoms with Gasteiger partial charge in [-0.2, -0.15) is 0 Å². The van der Waals surface area contributed by atoms with Crippen LogP contribution in [0.4, 0.5) is 0 Å². The van der Waals surface area contributed by atoms with E-state index >= 15 is 0 Å². The molecule has 0 amide bonds. The Bertz CT molecular complexity index is 256. The highest BCUT2D eigenvalue weighted by molar-refractivity contribution is 5.94. The van der Waals surface area contributed by atoms with E-state index in [2.05, 4.69) is 23.8 Å². The van der Waals surface area contributed by atoms with Crippen LogP contribution < -0.4 is 0 Å². The first-order chi connectivity index (χ1) is 7.24. The van der Waals surface area contributed by atoms with Crippen molar-refractivity contribution in [2.45, 2.75) is 45.4 Å². The molecule has 1 aliphatic heterocycles. The zero-order chi connectivity index (χ0) is 11.1. The van der Waals surface area contributed by atoms with Gasteiger partial charge in [-0.3, -0.25) is 9.59 Å². The third kappa shape index (κ3) is 4.28. The van der Waals surface area contributed by atoms with Crippen LogP contribution in [0, 0.1) is 5.92 Å². The van der Waals surface area contributed by atoms with Crippen LogP contribution in [-0.2, 0) is 14.3 Å². The van der Waals surface area contributed by atoms with Crippen LogP contribution in [-0.4, -0.2) is 11.9 Å². The number of hydrogen-bond acceptors (Lipinski definition) is 3. The molecule has 0 saturated carbocycles. The molecule has 0 aromatic carbocycles. The fourth-order valence-corrected chi connectivity index (χ4v) is 1.68. The molecule has 0 aromatic heterocycles. The van der Waals surface area contributed by atoms with E-state index < -0.39 is 0 Å². The van der Waals surface area contributed by atoms with E-state index in [4.69, 9.17) is 0 Å². The molecule has 0 aliphatic carbocycles. The smallest absolute Gasteiger partial charge is 0.317 e. The van der Waals surface area contributed by atoms with Crippen molar-refractivity contribution < 1.29 is 14.3 Å². The van der Waals surface area contributed by atoms with E-state index in [9.17, 15) is 9.59 Å². The molecule has 0 aromatic rings. The minimum Gasteiger partial charge on any atom is -0.393 e. The number of hydrogen-bond donors (Lipinski definition) is 0. The minimum atomic E-state index is -0.365. The summed E-state index contributed by atoms with van der Waals surface area (Å²) in [5.74, 6) is -0.868. The van der Waals surface area contributed by atoms with E-state index in [1.54, 1.807) is 0 Å². The fourth-order valence-electron chi connectivity index (χ4n) is 1.68. The average Bonchev–Trinajstić information content (AvgIpc) is 2.51. The lowest BCUT2D eigenvalue weighted by Gasteiger charge is -2.02. The molecule has 1 atom stereocenters. The Labute approximate surface area is 90.5 Å². The molecule has 1 rings (SSSR count). The number of esters is 2. The highest BCUT2D eigenvalue weighted by Gasteiger charge is 2.32.